The molecule has 1 aliphatic rings. The van der Waals surface area contributed by atoms with Gasteiger partial charge in [-0.2, -0.15) is 10.4 Å². The topological polar surface area (TPSA) is 106 Å². The van der Waals surface area contributed by atoms with E-state index in [1.165, 1.54) is 6.92 Å². The van der Waals surface area contributed by atoms with E-state index in [2.05, 4.69) is 26.5 Å². The normalized spacial score (nSPS) is 17.2. The summed E-state index contributed by atoms with van der Waals surface area (Å²) in [5, 5.41) is 17.1. The summed E-state index contributed by atoms with van der Waals surface area (Å²) in [5.74, 6) is -0.317. The molecule has 0 saturated heterocycles. The number of benzene rings is 1. The molecule has 0 spiro atoms. The van der Waals surface area contributed by atoms with E-state index < -0.39 is 5.67 Å². The van der Waals surface area contributed by atoms with E-state index in [-0.39, 0.29) is 19.1 Å². The summed E-state index contributed by atoms with van der Waals surface area (Å²) >= 11 is 0. The highest BCUT2D eigenvalue weighted by molar-refractivity contribution is 5.94. The summed E-state index contributed by atoms with van der Waals surface area (Å²) in [6.07, 6.45) is 3.44. The Hall–Kier alpha value is -4.16. The number of amides is 1. The minimum absolute atomic E-state index is 0.0318. The predicted molar refractivity (Wildman–Crippen MR) is 122 cm³/mol. The van der Waals surface area contributed by atoms with Crippen LogP contribution in [0.4, 0.5) is 4.39 Å². The maximum Gasteiger partial charge on any atom is 0.251 e. The van der Waals surface area contributed by atoms with Crippen LogP contribution in [0.5, 0.6) is 0 Å². The number of nitrogens with zero attached hydrogens (tertiary/aromatic N) is 5. The van der Waals surface area contributed by atoms with Gasteiger partial charge in [0.05, 0.1) is 42.2 Å². The van der Waals surface area contributed by atoms with Crippen molar-refractivity contribution in [1.82, 2.24) is 25.1 Å². The number of aromatic nitrogens is 4. The summed E-state index contributed by atoms with van der Waals surface area (Å²) in [6.45, 7) is 1.94. The number of fused-ring (bicyclic) bond motifs is 2. The maximum atomic E-state index is 14.8. The van der Waals surface area contributed by atoms with E-state index in [9.17, 15) is 14.4 Å². The molecule has 0 fully saturated rings. The molecular formula is C25H21FN6O2. The predicted octanol–water partition coefficient (Wildman–Crippen LogP) is 3.55. The minimum atomic E-state index is -1.63. The molecule has 0 unspecified atom stereocenters. The second kappa shape index (κ2) is 8.32. The van der Waals surface area contributed by atoms with Crippen molar-refractivity contribution in [1.29, 1.82) is 5.26 Å². The number of ether oxygens (including phenoxy) is 1. The van der Waals surface area contributed by atoms with Gasteiger partial charge in [0.2, 0.25) is 0 Å². The Morgan fingerprint density at radius 1 is 1.32 bits per heavy atom. The highest BCUT2D eigenvalue weighted by atomic mass is 19.1. The molecule has 34 heavy (non-hydrogen) atoms. The molecule has 1 aliphatic heterocycles. The Kier molecular flexibility index (Phi) is 5.30. The van der Waals surface area contributed by atoms with E-state index >= 15 is 0 Å². The Bertz CT molecular complexity index is 1470. The van der Waals surface area contributed by atoms with Crippen LogP contribution in [0, 0.1) is 11.3 Å². The van der Waals surface area contributed by atoms with Gasteiger partial charge in [-0.3, -0.25) is 14.5 Å². The van der Waals surface area contributed by atoms with E-state index in [1.807, 2.05) is 12.1 Å². The summed E-state index contributed by atoms with van der Waals surface area (Å²) < 4.78 is 21.7. The molecule has 170 valence electrons. The van der Waals surface area contributed by atoms with Gasteiger partial charge in [0.25, 0.3) is 5.91 Å². The van der Waals surface area contributed by atoms with Gasteiger partial charge in [-0.05, 0) is 48.4 Å². The lowest BCUT2D eigenvalue weighted by Gasteiger charge is -2.29. The van der Waals surface area contributed by atoms with E-state index in [0.717, 1.165) is 10.9 Å². The molecule has 4 heterocycles. The first-order chi connectivity index (χ1) is 16.3. The van der Waals surface area contributed by atoms with Crippen molar-refractivity contribution >= 4 is 16.8 Å². The molecule has 1 N–H and O–H groups in total. The van der Waals surface area contributed by atoms with Crippen LogP contribution in [0.25, 0.3) is 22.2 Å². The molecule has 0 saturated carbocycles. The zero-order chi connectivity index (χ0) is 23.9. The lowest BCUT2D eigenvalue weighted by Crippen LogP contribution is -2.30. The van der Waals surface area contributed by atoms with Crippen LogP contribution in [0.1, 0.15) is 39.8 Å². The Labute approximate surface area is 195 Å². The number of nitrogens with one attached hydrogen (secondary N) is 1. The zero-order valence-electron chi connectivity index (χ0n) is 18.7. The van der Waals surface area contributed by atoms with Gasteiger partial charge >= 0.3 is 0 Å². The van der Waals surface area contributed by atoms with E-state index in [0.29, 0.717) is 45.9 Å². The first-order valence-electron chi connectivity index (χ1n) is 10.7. The van der Waals surface area contributed by atoms with Gasteiger partial charge in [0, 0.05) is 30.4 Å². The number of pyridine rings is 2. The number of rotatable bonds is 4. The molecule has 1 atom stereocenters. The third-order valence-corrected chi connectivity index (χ3v) is 5.84. The van der Waals surface area contributed by atoms with Gasteiger partial charge in [-0.15, -0.1) is 0 Å². The highest BCUT2D eigenvalue weighted by Gasteiger charge is 2.33. The molecule has 5 rings (SSSR count). The van der Waals surface area contributed by atoms with Crippen LogP contribution in [-0.2, 0) is 30.6 Å². The van der Waals surface area contributed by atoms with Gasteiger partial charge < -0.3 is 10.1 Å². The van der Waals surface area contributed by atoms with Gasteiger partial charge in [0.15, 0.2) is 11.4 Å². The zero-order valence-corrected chi connectivity index (χ0v) is 18.7. The summed E-state index contributed by atoms with van der Waals surface area (Å²) in [7, 11) is 1.75. The van der Waals surface area contributed by atoms with Crippen LogP contribution < -0.4 is 5.32 Å². The van der Waals surface area contributed by atoms with Crippen molar-refractivity contribution in [3.8, 4) is 17.3 Å². The van der Waals surface area contributed by atoms with Gasteiger partial charge in [-0.1, -0.05) is 6.07 Å². The Balaban J connectivity index is 1.36. The van der Waals surface area contributed by atoms with Crippen molar-refractivity contribution in [2.75, 3.05) is 6.61 Å². The number of aryl methyl sites for hydroxylation is 1. The molecule has 1 aromatic carbocycles. The van der Waals surface area contributed by atoms with E-state index in [4.69, 9.17) is 4.74 Å². The van der Waals surface area contributed by atoms with Crippen LogP contribution >= 0.6 is 0 Å². The van der Waals surface area contributed by atoms with Crippen molar-refractivity contribution in [2.24, 2.45) is 7.05 Å². The number of nitriles is 1. The number of carbonyl (C=O) groups excluding carboxylic acids is 1. The smallest absolute Gasteiger partial charge is 0.251 e. The molecular weight excluding hydrogens is 435 g/mol. The molecule has 0 bridgehead atoms. The van der Waals surface area contributed by atoms with Crippen molar-refractivity contribution < 1.29 is 13.9 Å². The summed E-state index contributed by atoms with van der Waals surface area (Å²) in [6, 6.07) is 12.6. The first-order valence-corrected chi connectivity index (χ1v) is 10.7. The monoisotopic (exact) mass is 456 g/mol. The lowest BCUT2D eigenvalue weighted by molar-refractivity contribution is -0.00467. The minimum Gasteiger partial charge on any atom is -0.373 e. The number of hydrogen-bond donors (Lipinski definition) is 1. The lowest BCUT2D eigenvalue weighted by atomic mass is 9.90. The first kappa shape index (κ1) is 21.7. The summed E-state index contributed by atoms with van der Waals surface area (Å²) in [5.41, 5.74) is 2.88. The molecule has 4 aromatic rings. The average molecular weight is 456 g/mol. The largest absolute Gasteiger partial charge is 0.373 e. The van der Waals surface area contributed by atoms with Gasteiger partial charge in [-0.25, -0.2) is 9.37 Å². The molecule has 8 nitrogen and oxygen atoms in total. The van der Waals surface area contributed by atoms with Crippen LogP contribution in [0.3, 0.4) is 0 Å². The van der Waals surface area contributed by atoms with Gasteiger partial charge in [0.1, 0.15) is 6.07 Å². The van der Waals surface area contributed by atoms with Crippen LogP contribution in [0.15, 0.2) is 48.8 Å². The highest BCUT2D eigenvalue weighted by Crippen LogP contribution is 2.34. The van der Waals surface area contributed by atoms with Crippen LogP contribution in [-0.4, -0.2) is 32.3 Å². The van der Waals surface area contributed by atoms with Crippen molar-refractivity contribution in [3.63, 3.8) is 0 Å². The van der Waals surface area contributed by atoms with Crippen molar-refractivity contribution in [2.45, 2.75) is 25.7 Å². The van der Waals surface area contributed by atoms with Crippen molar-refractivity contribution in [3.05, 3.63) is 76.9 Å². The fraction of sp³-hybridized carbons (Fsp3) is 0.240. The Morgan fingerprint density at radius 3 is 3.00 bits per heavy atom. The molecule has 9 heteroatoms. The number of carbonyl (C=O) groups is 1. The fourth-order valence-electron chi connectivity index (χ4n) is 4.10. The third kappa shape index (κ3) is 4.00. The molecule has 1 amide bonds. The molecule has 3 aromatic heterocycles. The standard InChI is InChI=1S/C25H21FN6O2/c1-25(26)14-34-13-17-4-3-15(7-20(17)25)24(33)29-11-18-8-22-16(10-28-18)5-6-21(30-22)19-12-32(2)31-23(19)9-27/h3-8,10,12H,11,13-14H2,1-2H3,(H,29,33)/t25-/m1/s1. The second-order valence-electron chi connectivity index (χ2n) is 8.49. The second-order valence-corrected chi connectivity index (χ2v) is 8.49. The number of alkyl halides is 1. The number of hydrogen-bond acceptors (Lipinski definition) is 6. The number of halogens is 1. The third-order valence-electron chi connectivity index (χ3n) is 5.84. The molecule has 0 aliphatic carbocycles. The van der Waals surface area contributed by atoms with Crippen LogP contribution in [0.2, 0.25) is 0 Å². The Morgan fingerprint density at radius 2 is 2.18 bits per heavy atom. The summed E-state index contributed by atoms with van der Waals surface area (Å²) in [4.78, 5) is 21.8. The van der Waals surface area contributed by atoms with E-state index in [1.54, 1.807) is 48.4 Å². The quantitative estimate of drug-likeness (QED) is 0.504. The maximum absolute atomic E-state index is 14.8. The SMILES string of the molecule is Cn1cc(-c2ccc3cnc(CNC(=O)c4ccc5c(c4)[C@](C)(F)COC5)cc3n2)c(C#N)n1. The molecule has 0 radical (unpaired) electrons. The fourth-order valence-corrected chi connectivity index (χ4v) is 4.10. The average Bonchev–Trinajstić information content (AvgIpc) is 3.22.